The van der Waals surface area contributed by atoms with Crippen molar-refractivity contribution in [3.8, 4) is 0 Å². The van der Waals surface area contributed by atoms with Crippen molar-refractivity contribution in [2.75, 3.05) is 0 Å². The quantitative estimate of drug-likeness (QED) is 0.542. The molecule has 1 rings (SSSR count). The van der Waals surface area contributed by atoms with E-state index in [1.807, 2.05) is 0 Å². The molecule has 76 valence electrons. The Balaban J connectivity index is 2.39. The number of hydrogen-bond donors (Lipinski definition) is 3. The molecule has 1 aromatic heterocycles. The molecule has 0 radical (unpaired) electrons. The van der Waals surface area contributed by atoms with Crippen molar-refractivity contribution < 1.29 is 14.7 Å². The third-order valence-corrected chi connectivity index (χ3v) is 1.80. The number of aliphatic carboxylic acids is 1. The van der Waals surface area contributed by atoms with Gasteiger partial charge in [0.25, 0.3) is 0 Å². The Kier molecular flexibility index (Phi) is 3.35. The molecule has 0 aromatic carbocycles. The number of carbonyl (C=O) groups excluding carboxylic acids is 1. The summed E-state index contributed by atoms with van der Waals surface area (Å²) in [5.74, 6) is -1.78. The number of aryl methyl sites for hydroxylation is 1. The number of aromatic amines is 1. The van der Waals surface area contributed by atoms with Crippen molar-refractivity contribution in [1.82, 2.24) is 9.97 Å². The van der Waals surface area contributed by atoms with Crippen LogP contribution in [0.3, 0.4) is 0 Å². The molecule has 0 fully saturated rings. The highest BCUT2D eigenvalue weighted by molar-refractivity contribution is 6.02. The van der Waals surface area contributed by atoms with Gasteiger partial charge >= 0.3 is 5.97 Å². The van der Waals surface area contributed by atoms with Crippen LogP contribution in [0.15, 0.2) is 12.5 Å². The number of carboxylic acid groups (broad SMARTS) is 1. The van der Waals surface area contributed by atoms with Gasteiger partial charge in [-0.15, -0.1) is 0 Å². The third-order valence-electron chi connectivity index (χ3n) is 1.80. The molecule has 1 unspecified atom stereocenters. The number of nitrogens with zero attached hydrogens (tertiary/aromatic N) is 1. The normalized spacial score (nSPS) is 12.4. The summed E-state index contributed by atoms with van der Waals surface area (Å²) in [6, 6.07) is -1.42. The predicted octanol–water partition coefficient (Wildman–Crippen LogP) is -0.677. The van der Waals surface area contributed by atoms with Crippen LogP contribution >= 0.6 is 0 Å². The highest BCUT2D eigenvalue weighted by Crippen LogP contribution is 1.99. The number of rotatable bonds is 5. The van der Waals surface area contributed by atoms with Crippen molar-refractivity contribution in [1.29, 1.82) is 0 Å². The molecule has 6 nitrogen and oxygen atoms in total. The molecule has 0 aliphatic heterocycles. The molecule has 1 aromatic rings. The van der Waals surface area contributed by atoms with Crippen molar-refractivity contribution in [3.05, 3.63) is 18.2 Å². The summed E-state index contributed by atoms with van der Waals surface area (Å²) in [4.78, 5) is 28.1. The number of nitrogens with two attached hydrogens (primary N) is 1. The summed E-state index contributed by atoms with van der Waals surface area (Å²) in [7, 11) is 0. The maximum Gasteiger partial charge on any atom is 0.328 e. The van der Waals surface area contributed by atoms with Gasteiger partial charge in [-0.25, -0.2) is 4.98 Å². The van der Waals surface area contributed by atoms with E-state index in [9.17, 15) is 9.59 Å². The van der Waals surface area contributed by atoms with Crippen molar-refractivity contribution in [3.63, 3.8) is 0 Å². The molecule has 14 heavy (non-hydrogen) atoms. The molecular formula is C8H11N3O3. The number of aromatic nitrogens is 2. The fourth-order valence-electron chi connectivity index (χ4n) is 0.972. The summed E-state index contributed by atoms with van der Waals surface area (Å²) >= 11 is 0. The monoisotopic (exact) mass is 197 g/mol. The second-order valence-corrected chi connectivity index (χ2v) is 2.84. The van der Waals surface area contributed by atoms with Gasteiger partial charge in [-0.2, -0.15) is 0 Å². The number of H-pyrrole nitrogens is 1. The Hall–Kier alpha value is -1.69. The standard InChI is InChI=1S/C8H11N3O3/c9-7(8(13)14)6(12)2-1-5-3-10-4-11-5/h3-4,7H,1-2,9H2,(H,10,11)(H,13,14). The Morgan fingerprint density at radius 3 is 2.86 bits per heavy atom. The maximum absolute atomic E-state index is 11.1. The maximum atomic E-state index is 11.1. The van der Waals surface area contributed by atoms with E-state index in [0.29, 0.717) is 6.42 Å². The first-order chi connectivity index (χ1) is 6.61. The molecule has 0 bridgehead atoms. The van der Waals surface area contributed by atoms with E-state index < -0.39 is 17.8 Å². The highest BCUT2D eigenvalue weighted by atomic mass is 16.4. The van der Waals surface area contributed by atoms with Gasteiger partial charge in [0.2, 0.25) is 0 Å². The van der Waals surface area contributed by atoms with Gasteiger partial charge in [0.15, 0.2) is 11.8 Å². The van der Waals surface area contributed by atoms with Gasteiger partial charge in [-0.05, 0) is 6.42 Å². The molecule has 4 N–H and O–H groups in total. The molecule has 1 atom stereocenters. The summed E-state index contributed by atoms with van der Waals surface area (Å²) in [6.45, 7) is 0. The number of carboxylic acids is 1. The van der Waals surface area contributed by atoms with Crippen LogP contribution in [0.5, 0.6) is 0 Å². The van der Waals surface area contributed by atoms with Crippen LogP contribution in [0.2, 0.25) is 0 Å². The van der Waals surface area contributed by atoms with Crippen molar-refractivity contribution in [2.24, 2.45) is 5.73 Å². The minimum absolute atomic E-state index is 0.0956. The number of nitrogens with one attached hydrogen (secondary N) is 1. The van der Waals surface area contributed by atoms with Crippen LogP contribution in [0.25, 0.3) is 0 Å². The van der Waals surface area contributed by atoms with Crippen LogP contribution in [-0.2, 0) is 16.0 Å². The summed E-state index contributed by atoms with van der Waals surface area (Å²) in [5, 5.41) is 8.44. The number of carbonyl (C=O) groups is 2. The summed E-state index contributed by atoms with van der Waals surface area (Å²) in [6.07, 6.45) is 3.65. The Morgan fingerprint density at radius 1 is 1.64 bits per heavy atom. The first-order valence-corrected chi connectivity index (χ1v) is 4.10. The lowest BCUT2D eigenvalue weighted by atomic mass is 10.1. The highest BCUT2D eigenvalue weighted by Gasteiger charge is 2.20. The van der Waals surface area contributed by atoms with Crippen LogP contribution in [0.4, 0.5) is 0 Å². The summed E-state index contributed by atoms with van der Waals surface area (Å²) in [5.41, 5.74) is 5.84. The van der Waals surface area contributed by atoms with Crippen molar-refractivity contribution >= 4 is 11.8 Å². The molecule has 1 heterocycles. The second kappa shape index (κ2) is 4.52. The smallest absolute Gasteiger partial charge is 0.328 e. The lowest BCUT2D eigenvalue weighted by molar-refractivity contribution is -0.142. The lowest BCUT2D eigenvalue weighted by Gasteiger charge is -2.03. The molecule has 0 saturated heterocycles. The van der Waals surface area contributed by atoms with E-state index >= 15 is 0 Å². The fraction of sp³-hybridized carbons (Fsp3) is 0.375. The minimum Gasteiger partial charge on any atom is -0.480 e. The molecule has 6 heteroatoms. The first-order valence-electron chi connectivity index (χ1n) is 4.10. The predicted molar refractivity (Wildman–Crippen MR) is 47.5 cm³/mol. The van der Waals surface area contributed by atoms with E-state index in [2.05, 4.69) is 9.97 Å². The van der Waals surface area contributed by atoms with E-state index in [-0.39, 0.29) is 6.42 Å². The largest absolute Gasteiger partial charge is 0.480 e. The van der Waals surface area contributed by atoms with Gasteiger partial charge in [0, 0.05) is 12.6 Å². The van der Waals surface area contributed by atoms with Crippen LogP contribution in [-0.4, -0.2) is 32.9 Å². The van der Waals surface area contributed by atoms with Crippen LogP contribution < -0.4 is 5.73 Å². The number of ketones is 1. The Morgan fingerprint density at radius 2 is 2.36 bits per heavy atom. The van der Waals surface area contributed by atoms with Gasteiger partial charge < -0.3 is 15.8 Å². The van der Waals surface area contributed by atoms with Gasteiger partial charge in [0.1, 0.15) is 0 Å². The zero-order chi connectivity index (χ0) is 10.6. The molecule has 0 aliphatic rings. The molecular weight excluding hydrogens is 186 g/mol. The Bertz CT molecular complexity index is 321. The molecule has 0 saturated carbocycles. The zero-order valence-electron chi connectivity index (χ0n) is 7.43. The minimum atomic E-state index is -1.42. The lowest BCUT2D eigenvalue weighted by Crippen LogP contribution is -2.38. The third kappa shape index (κ3) is 2.67. The number of imidazole rings is 1. The SMILES string of the molecule is NC(C(=O)O)C(=O)CCc1c[nH]cn1. The zero-order valence-corrected chi connectivity index (χ0v) is 7.43. The van der Waals surface area contributed by atoms with E-state index in [4.69, 9.17) is 10.8 Å². The van der Waals surface area contributed by atoms with E-state index in [1.54, 1.807) is 6.20 Å². The second-order valence-electron chi connectivity index (χ2n) is 2.84. The molecule has 0 amide bonds. The number of hydrogen-bond acceptors (Lipinski definition) is 4. The molecule has 0 aliphatic carbocycles. The number of Topliss-reactive ketones (excluding diaryl/α,β-unsaturated/α-hetero) is 1. The first kappa shape index (κ1) is 10.4. The molecule has 0 spiro atoms. The van der Waals surface area contributed by atoms with Crippen molar-refractivity contribution in [2.45, 2.75) is 18.9 Å². The van der Waals surface area contributed by atoms with Gasteiger partial charge in [-0.1, -0.05) is 0 Å². The van der Waals surface area contributed by atoms with E-state index in [0.717, 1.165) is 5.69 Å². The van der Waals surface area contributed by atoms with E-state index in [1.165, 1.54) is 6.33 Å². The van der Waals surface area contributed by atoms with Gasteiger partial charge in [-0.3, -0.25) is 9.59 Å². The Labute approximate surface area is 80.1 Å². The van der Waals surface area contributed by atoms with Crippen LogP contribution in [0.1, 0.15) is 12.1 Å². The average molecular weight is 197 g/mol. The summed E-state index contributed by atoms with van der Waals surface area (Å²) < 4.78 is 0. The average Bonchev–Trinajstić information content (AvgIpc) is 2.65. The van der Waals surface area contributed by atoms with Crippen LogP contribution in [0, 0.1) is 0 Å². The van der Waals surface area contributed by atoms with Gasteiger partial charge in [0.05, 0.1) is 12.0 Å². The fourth-order valence-corrected chi connectivity index (χ4v) is 0.972. The topological polar surface area (TPSA) is 109 Å².